The molecule has 0 bridgehead atoms. The summed E-state index contributed by atoms with van der Waals surface area (Å²) in [5.41, 5.74) is 5.48. The van der Waals surface area contributed by atoms with E-state index in [1.165, 1.54) is 0 Å². The summed E-state index contributed by atoms with van der Waals surface area (Å²) in [6, 6.07) is 7.38. The van der Waals surface area contributed by atoms with Gasteiger partial charge in [0.05, 0.1) is 17.2 Å². The Bertz CT molecular complexity index is 1040. The van der Waals surface area contributed by atoms with Crippen LogP contribution in [0.3, 0.4) is 0 Å². The number of amides is 1. The number of rotatable bonds is 2. The SMILES string of the molecule is CCOC(=O)N1CCC(=C2c3ccc(Cl)c([N+](=O)[O-])c3CCc3cccnc32)CC1. The van der Waals surface area contributed by atoms with Gasteiger partial charge < -0.3 is 9.64 Å². The normalized spacial score (nSPS) is 15.9. The first-order valence-corrected chi connectivity index (χ1v) is 10.4. The van der Waals surface area contributed by atoms with Gasteiger partial charge in [0.1, 0.15) is 5.02 Å². The highest BCUT2D eigenvalue weighted by Crippen LogP contribution is 2.42. The number of hydrogen-bond acceptors (Lipinski definition) is 5. The Balaban J connectivity index is 1.84. The zero-order valence-electron chi connectivity index (χ0n) is 16.7. The third-order valence-electron chi connectivity index (χ3n) is 5.70. The molecule has 2 aliphatic rings. The molecule has 0 spiro atoms. The topological polar surface area (TPSA) is 85.6 Å². The third-order valence-corrected chi connectivity index (χ3v) is 6.01. The fraction of sp³-hybridized carbons (Fsp3) is 0.364. The maximum absolute atomic E-state index is 12.1. The van der Waals surface area contributed by atoms with Crippen LogP contribution in [0.15, 0.2) is 36.0 Å². The molecule has 7 nitrogen and oxygen atoms in total. The van der Waals surface area contributed by atoms with Crippen LogP contribution in [0.2, 0.25) is 5.02 Å². The minimum atomic E-state index is -0.393. The number of ether oxygens (including phenoxy) is 1. The summed E-state index contributed by atoms with van der Waals surface area (Å²) in [5, 5.41) is 11.9. The highest BCUT2D eigenvalue weighted by Gasteiger charge is 2.31. The van der Waals surface area contributed by atoms with Gasteiger partial charge in [-0.05, 0) is 55.9 Å². The second-order valence-electron chi connectivity index (χ2n) is 7.35. The lowest BCUT2D eigenvalue weighted by Crippen LogP contribution is -2.37. The molecule has 2 aromatic rings. The van der Waals surface area contributed by atoms with Crippen molar-refractivity contribution in [1.82, 2.24) is 9.88 Å². The number of pyridine rings is 1. The first-order valence-electron chi connectivity index (χ1n) is 10.0. The quantitative estimate of drug-likeness (QED) is 0.507. The number of halogens is 1. The number of likely N-dealkylation sites (tertiary alicyclic amines) is 1. The average Bonchev–Trinajstić information content (AvgIpc) is 2.90. The molecule has 2 heterocycles. The fourth-order valence-electron chi connectivity index (χ4n) is 4.33. The van der Waals surface area contributed by atoms with Crippen LogP contribution < -0.4 is 0 Å². The molecular weight excluding hydrogens is 406 g/mol. The Hall–Kier alpha value is -2.93. The summed E-state index contributed by atoms with van der Waals surface area (Å²) in [5.74, 6) is 0. The number of aryl methyl sites for hydroxylation is 1. The van der Waals surface area contributed by atoms with Gasteiger partial charge in [-0.15, -0.1) is 0 Å². The number of hydrogen-bond donors (Lipinski definition) is 0. The van der Waals surface area contributed by atoms with Crippen LogP contribution >= 0.6 is 11.6 Å². The third kappa shape index (κ3) is 3.65. The summed E-state index contributed by atoms with van der Waals surface area (Å²) in [6.07, 6.45) is 3.96. The van der Waals surface area contributed by atoms with Crippen molar-refractivity contribution in [3.05, 3.63) is 73.6 Å². The molecule has 0 unspecified atom stereocenters. The van der Waals surface area contributed by atoms with Crippen LogP contribution in [0, 0.1) is 10.1 Å². The van der Waals surface area contributed by atoms with Crippen LogP contribution in [0.25, 0.3) is 5.57 Å². The highest BCUT2D eigenvalue weighted by molar-refractivity contribution is 6.33. The van der Waals surface area contributed by atoms with E-state index in [4.69, 9.17) is 16.3 Å². The Kier molecular flexibility index (Phi) is 5.72. The molecule has 1 fully saturated rings. The molecule has 1 aromatic carbocycles. The number of carbonyl (C=O) groups is 1. The first kappa shape index (κ1) is 20.3. The van der Waals surface area contributed by atoms with E-state index in [1.54, 1.807) is 24.1 Å². The molecule has 4 rings (SSSR count). The summed E-state index contributed by atoms with van der Waals surface area (Å²) in [4.78, 5) is 29.8. The van der Waals surface area contributed by atoms with Gasteiger partial charge in [0, 0.05) is 30.4 Å². The first-order chi connectivity index (χ1) is 14.5. The van der Waals surface area contributed by atoms with Gasteiger partial charge in [0.15, 0.2) is 0 Å². The smallest absolute Gasteiger partial charge is 0.409 e. The molecule has 1 aliphatic carbocycles. The van der Waals surface area contributed by atoms with Crippen LogP contribution in [-0.2, 0) is 17.6 Å². The van der Waals surface area contributed by atoms with Crippen molar-refractivity contribution in [3.63, 3.8) is 0 Å². The summed E-state index contributed by atoms with van der Waals surface area (Å²) >= 11 is 6.21. The Morgan fingerprint density at radius 2 is 2.00 bits per heavy atom. The number of benzene rings is 1. The predicted octanol–water partition coefficient (Wildman–Crippen LogP) is 4.80. The van der Waals surface area contributed by atoms with E-state index < -0.39 is 4.92 Å². The Labute approximate surface area is 179 Å². The molecule has 1 amide bonds. The van der Waals surface area contributed by atoms with Gasteiger partial charge >= 0.3 is 6.09 Å². The van der Waals surface area contributed by atoms with E-state index >= 15 is 0 Å². The van der Waals surface area contributed by atoms with E-state index in [9.17, 15) is 14.9 Å². The maximum Gasteiger partial charge on any atom is 0.409 e. The number of nitro benzene ring substituents is 1. The molecule has 0 atom stereocenters. The van der Waals surface area contributed by atoms with Gasteiger partial charge in [-0.2, -0.15) is 0 Å². The highest BCUT2D eigenvalue weighted by atomic mass is 35.5. The van der Waals surface area contributed by atoms with Crippen molar-refractivity contribution in [2.24, 2.45) is 0 Å². The lowest BCUT2D eigenvalue weighted by molar-refractivity contribution is -0.385. The van der Waals surface area contributed by atoms with Gasteiger partial charge in [0.25, 0.3) is 5.69 Å². The molecule has 0 N–H and O–H groups in total. The van der Waals surface area contributed by atoms with Crippen LogP contribution in [0.5, 0.6) is 0 Å². The van der Waals surface area contributed by atoms with Crippen molar-refractivity contribution in [3.8, 4) is 0 Å². The number of fused-ring (bicyclic) bond motifs is 2. The van der Waals surface area contributed by atoms with E-state index in [0.29, 0.717) is 50.9 Å². The molecular formula is C22H22ClN3O4. The monoisotopic (exact) mass is 427 g/mol. The average molecular weight is 428 g/mol. The zero-order chi connectivity index (χ0) is 21.3. The van der Waals surface area contributed by atoms with Gasteiger partial charge in [0.2, 0.25) is 0 Å². The summed E-state index contributed by atoms with van der Waals surface area (Å²) < 4.78 is 5.12. The second-order valence-corrected chi connectivity index (χ2v) is 7.76. The second kappa shape index (κ2) is 8.44. The fourth-order valence-corrected chi connectivity index (χ4v) is 4.57. The summed E-state index contributed by atoms with van der Waals surface area (Å²) in [7, 11) is 0. The molecule has 1 aliphatic heterocycles. The standard InChI is InChI=1S/C22H22ClN3O4/c1-2-30-22(27)25-12-9-14(10-13-25)19-16-7-8-18(23)21(26(28)29)17(16)6-5-15-4-3-11-24-20(15)19/h3-4,7-8,11H,2,5-6,9-10,12-13H2,1H3. The molecule has 1 aromatic heterocycles. The van der Waals surface area contributed by atoms with Gasteiger partial charge in [-0.25, -0.2) is 4.79 Å². The summed E-state index contributed by atoms with van der Waals surface area (Å²) in [6.45, 7) is 3.23. The Morgan fingerprint density at radius 1 is 1.23 bits per heavy atom. The minimum Gasteiger partial charge on any atom is -0.450 e. The van der Waals surface area contributed by atoms with Gasteiger partial charge in [-0.3, -0.25) is 15.1 Å². The lowest BCUT2D eigenvalue weighted by Gasteiger charge is -2.29. The van der Waals surface area contributed by atoms with E-state index in [0.717, 1.165) is 28.0 Å². The van der Waals surface area contributed by atoms with Crippen LogP contribution in [0.1, 0.15) is 42.1 Å². The minimum absolute atomic E-state index is 0.0240. The molecule has 8 heteroatoms. The maximum atomic E-state index is 12.1. The number of nitrogens with zero attached hydrogens (tertiary/aromatic N) is 3. The van der Waals surface area contributed by atoms with E-state index in [-0.39, 0.29) is 16.8 Å². The number of piperidine rings is 1. The van der Waals surface area contributed by atoms with Crippen molar-refractivity contribution in [2.75, 3.05) is 19.7 Å². The number of carbonyl (C=O) groups excluding carboxylic acids is 1. The number of nitro groups is 1. The largest absolute Gasteiger partial charge is 0.450 e. The van der Waals surface area contributed by atoms with Crippen molar-refractivity contribution < 1.29 is 14.5 Å². The van der Waals surface area contributed by atoms with Crippen LogP contribution in [0.4, 0.5) is 10.5 Å². The van der Waals surface area contributed by atoms with Gasteiger partial charge in [-0.1, -0.05) is 29.3 Å². The predicted molar refractivity (Wildman–Crippen MR) is 114 cm³/mol. The molecule has 30 heavy (non-hydrogen) atoms. The molecule has 1 saturated heterocycles. The lowest BCUT2D eigenvalue weighted by atomic mass is 9.88. The van der Waals surface area contributed by atoms with E-state index in [1.807, 2.05) is 18.2 Å². The van der Waals surface area contributed by atoms with E-state index in [2.05, 4.69) is 4.98 Å². The van der Waals surface area contributed by atoms with Crippen molar-refractivity contribution in [2.45, 2.75) is 32.6 Å². The zero-order valence-corrected chi connectivity index (χ0v) is 17.4. The number of aromatic nitrogens is 1. The van der Waals surface area contributed by atoms with Crippen molar-refractivity contribution in [1.29, 1.82) is 0 Å². The van der Waals surface area contributed by atoms with Crippen LogP contribution in [-0.4, -0.2) is 40.6 Å². The Morgan fingerprint density at radius 3 is 2.70 bits per heavy atom. The van der Waals surface area contributed by atoms with Crippen molar-refractivity contribution >= 4 is 29.0 Å². The molecule has 0 saturated carbocycles. The molecule has 0 radical (unpaired) electrons. The molecule has 156 valence electrons.